The van der Waals surface area contributed by atoms with E-state index in [1.165, 1.54) is 44.6 Å². The van der Waals surface area contributed by atoms with Gasteiger partial charge in [-0.05, 0) is 30.5 Å². The van der Waals surface area contributed by atoms with Gasteiger partial charge in [0.05, 0.1) is 0 Å². The minimum atomic E-state index is -0.414. The molecule has 0 amide bonds. The molecule has 18 heavy (non-hydrogen) atoms. The van der Waals surface area contributed by atoms with E-state index >= 15 is 0 Å². The Morgan fingerprint density at radius 2 is 1.78 bits per heavy atom. The van der Waals surface area contributed by atoms with Crippen LogP contribution in [0.25, 0.3) is 0 Å². The van der Waals surface area contributed by atoms with Gasteiger partial charge in [-0.25, -0.2) is 8.78 Å². The zero-order valence-electron chi connectivity index (χ0n) is 10.7. The summed E-state index contributed by atoms with van der Waals surface area (Å²) in [4.78, 5) is 0. The lowest BCUT2D eigenvalue weighted by Crippen LogP contribution is -2.17. The predicted molar refractivity (Wildman–Crippen MR) is 69.1 cm³/mol. The van der Waals surface area contributed by atoms with Crippen LogP contribution >= 0.6 is 0 Å². The van der Waals surface area contributed by atoms with Crippen molar-refractivity contribution in [2.75, 3.05) is 0 Å². The number of nitrogens with two attached hydrogens (primary N) is 1. The second-order valence-electron chi connectivity index (χ2n) is 5.37. The minimum absolute atomic E-state index is 0.319. The van der Waals surface area contributed by atoms with Crippen LogP contribution in [0.2, 0.25) is 0 Å². The lowest BCUT2D eigenvalue weighted by molar-refractivity contribution is 0.386. The van der Waals surface area contributed by atoms with Crippen LogP contribution in [0.5, 0.6) is 0 Å². The fourth-order valence-electron chi connectivity index (χ4n) is 2.88. The third-order valence-electron chi connectivity index (χ3n) is 3.92. The molecule has 1 aliphatic rings. The lowest BCUT2D eigenvalue weighted by Gasteiger charge is -2.20. The van der Waals surface area contributed by atoms with Crippen LogP contribution in [-0.4, -0.2) is 0 Å². The van der Waals surface area contributed by atoms with Crippen molar-refractivity contribution in [1.29, 1.82) is 0 Å². The number of hydrogen-bond acceptors (Lipinski definition) is 1. The maximum Gasteiger partial charge on any atom is 0.128 e. The van der Waals surface area contributed by atoms with E-state index in [9.17, 15) is 8.78 Å². The summed E-state index contributed by atoms with van der Waals surface area (Å²) in [6, 6.07) is 3.15. The molecule has 1 aliphatic carbocycles. The molecule has 0 heterocycles. The van der Waals surface area contributed by atoms with E-state index in [1.54, 1.807) is 0 Å². The van der Waals surface area contributed by atoms with Crippen LogP contribution in [0.4, 0.5) is 8.78 Å². The van der Waals surface area contributed by atoms with Crippen LogP contribution in [-0.2, 0) is 0 Å². The van der Waals surface area contributed by atoms with Crippen molar-refractivity contribution in [3.05, 3.63) is 35.4 Å². The number of benzene rings is 1. The first-order valence-electron chi connectivity index (χ1n) is 6.87. The van der Waals surface area contributed by atoms with Crippen LogP contribution in [0.15, 0.2) is 18.2 Å². The summed E-state index contributed by atoms with van der Waals surface area (Å²) in [7, 11) is 0. The molecular weight excluding hydrogens is 232 g/mol. The molecule has 1 nitrogen and oxygen atoms in total. The molecule has 1 saturated carbocycles. The largest absolute Gasteiger partial charge is 0.324 e. The van der Waals surface area contributed by atoms with Gasteiger partial charge in [-0.3, -0.25) is 0 Å². The van der Waals surface area contributed by atoms with E-state index in [-0.39, 0.29) is 6.04 Å². The summed E-state index contributed by atoms with van der Waals surface area (Å²) >= 11 is 0. The molecule has 1 aromatic carbocycles. The van der Waals surface area contributed by atoms with E-state index < -0.39 is 11.6 Å². The summed E-state index contributed by atoms with van der Waals surface area (Å²) in [5, 5.41) is 0. The van der Waals surface area contributed by atoms with E-state index in [0.717, 1.165) is 18.6 Å². The Bertz CT molecular complexity index is 384. The highest BCUT2D eigenvalue weighted by molar-refractivity contribution is 5.22. The van der Waals surface area contributed by atoms with Gasteiger partial charge in [0.2, 0.25) is 0 Å². The molecule has 3 heteroatoms. The van der Waals surface area contributed by atoms with Gasteiger partial charge in [0.1, 0.15) is 11.6 Å². The van der Waals surface area contributed by atoms with Gasteiger partial charge in [-0.1, -0.05) is 38.5 Å². The number of halogens is 2. The van der Waals surface area contributed by atoms with Gasteiger partial charge in [0.25, 0.3) is 0 Å². The molecule has 0 aliphatic heterocycles. The third-order valence-corrected chi connectivity index (χ3v) is 3.92. The molecule has 100 valence electrons. The smallest absolute Gasteiger partial charge is 0.128 e. The van der Waals surface area contributed by atoms with Crippen molar-refractivity contribution < 1.29 is 8.78 Å². The van der Waals surface area contributed by atoms with Crippen LogP contribution < -0.4 is 5.73 Å². The summed E-state index contributed by atoms with van der Waals surface area (Å²) in [5.74, 6) is -0.245. The van der Waals surface area contributed by atoms with Crippen molar-refractivity contribution in [2.45, 2.75) is 51.0 Å². The first-order valence-corrected chi connectivity index (χ1v) is 6.87. The molecule has 0 aromatic heterocycles. The molecular formula is C15H21F2N. The van der Waals surface area contributed by atoms with Crippen molar-refractivity contribution in [2.24, 2.45) is 11.7 Å². The van der Waals surface area contributed by atoms with Crippen molar-refractivity contribution in [3.8, 4) is 0 Å². The first kappa shape index (κ1) is 13.5. The summed E-state index contributed by atoms with van der Waals surface area (Å²) in [6.07, 6.45) is 8.17. The highest BCUT2D eigenvalue weighted by atomic mass is 19.1. The van der Waals surface area contributed by atoms with Gasteiger partial charge >= 0.3 is 0 Å². The third kappa shape index (κ3) is 3.52. The van der Waals surface area contributed by atoms with Gasteiger partial charge in [0, 0.05) is 11.6 Å². The van der Waals surface area contributed by atoms with E-state index in [2.05, 4.69) is 0 Å². The topological polar surface area (TPSA) is 26.0 Å². The molecule has 1 fully saturated rings. The van der Waals surface area contributed by atoms with Gasteiger partial charge in [0.15, 0.2) is 0 Å². The second kappa shape index (κ2) is 6.28. The average Bonchev–Trinajstić information content (AvgIpc) is 2.61. The van der Waals surface area contributed by atoms with Crippen molar-refractivity contribution >= 4 is 0 Å². The fraction of sp³-hybridized carbons (Fsp3) is 0.600. The van der Waals surface area contributed by atoms with E-state index in [4.69, 9.17) is 5.73 Å². The molecule has 0 radical (unpaired) electrons. The van der Waals surface area contributed by atoms with E-state index in [1.807, 2.05) is 0 Å². The molecule has 0 bridgehead atoms. The second-order valence-corrected chi connectivity index (χ2v) is 5.37. The predicted octanol–water partition coefficient (Wildman–Crippen LogP) is 4.33. The fourth-order valence-corrected chi connectivity index (χ4v) is 2.88. The molecule has 0 saturated heterocycles. The molecule has 1 atom stereocenters. The van der Waals surface area contributed by atoms with E-state index in [0.29, 0.717) is 11.5 Å². The Labute approximate surface area is 107 Å². The molecule has 2 rings (SSSR count). The minimum Gasteiger partial charge on any atom is -0.324 e. The summed E-state index contributed by atoms with van der Waals surface area (Å²) in [6.45, 7) is 0. The standard InChI is InChI=1S/C15H21F2N/c16-12-7-8-14(17)13(10-12)15(18)9-11-5-3-1-2-4-6-11/h7-8,10-11,15H,1-6,9,18H2. The Morgan fingerprint density at radius 3 is 2.44 bits per heavy atom. The summed E-state index contributed by atoms with van der Waals surface area (Å²) < 4.78 is 26.7. The first-order chi connectivity index (χ1) is 8.66. The Kier molecular flexibility index (Phi) is 4.70. The van der Waals surface area contributed by atoms with Gasteiger partial charge in [-0.2, -0.15) is 0 Å². The van der Waals surface area contributed by atoms with Crippen molar-refractivity contribution in [3.63, 3.8) is 0 Å². The summed E-state index contributed by atoms with van der Waals surface area (Å²) in [5.41, 5.74) is 6.36. The highest BCUT2D eigenvalue weighted by Gasteiger charge is 2.19. The molecule has 2 N–H and O–H groups in total. The Balaban J connectivity index is 2.01. The van der Waals surface area contributed by atoms with Crippen LogP contribution in [0, 0.1) is 17.6 Å². The molecule has 1 aromatic rings. The normalized spacial score (nSPS) is 19.5. The zero-order valence-corrected chi connectivity index (χ0v) is 10.7. The number of hydrogen-bond donors (Lipinski definition) is 1. The maximum absolute atomic E-state index is 13.6. The van der Waals surface area contributed by atoms with Crippen LogP contribution in [0.1, 0.15) is 56.6 Å². The average molecular weight is 253 g/mol. The number of rotatable bonds is 3. The monoisotopic (exact) mass is 253 g/mol. The molecule has 1 unspecified atom stereocenters. The lowest BCUT2D eigenvalue weighted by atomic mass is 9.90. The highest BCUT2D eigenvalue weighted by Crippen LogP contribution is 2.30. The Hall–Kier alpha value is -0.960. The zero-order chi connectivity index (χ0) is 13.0. The van der Waals surface area contributed by atoms with Gasteiger partial charge in [-0.15, -0.1) is 0 Å². The SMILES string of the molecule is NC(CC1CCCCCC1)c1cc(F)ccc1F. The Morgan fingerprint density at radius 1 is 1.11 bits per heavy atom. The quantitative estimate of drug-likeness (QED) is 0.797. The van der Waals surface area contributed by atoms with Crippen molar-refractivity contribution in [1.82, 2.24) is 0 Å². The molecule has 0 spiro atoms. The van der Waals surface area contributed by atoms with Crippen LogP contribution in [0.3, 0.4) is 0 Å². The maximum atomic E-state index is 13.6. The van der Waals surface area contributed by atoms with Gasteiger partial charge < -0.3 is 5.73 Å².